The van der Waals surface area contributed by atoms with Crippen molar-refractivity contribution in [3.05, 3.63) is 44.4 Å². The third kappa shape index (κ3) is 9.26. The molecule has 0 N–H and O–H groups in total. The van der Waals surface area contributed by atoms with Gasteiger partial charge in [0.05, 0.1) is 23.3 Å². The van der Waals surface area contributed by atoms with E-state index in [1.807, 2.05) is 0 Å². The summed E-state index contributed by atoms with van der Waals surface area (Å²) in [4.78, 5) is 0. The summed E-state index contributed by atoms with van der Waals surface area (Å²) in [7, 11) is 0. The van der Waals surface area contributed by atoms with Crippen LogP contribution in [-0.4, -0.2) is 26.4 Å². The van der Waals surface area contributed by atoms with Gasteiger partial charge in [-0.2, -0.15) is 0 Å². The second kappa shape index (κ2) is 13.0. The van der Waals surface area contributed by atoms with Crippen LogP contribution in [0.4, 0.5) is 0 Å². The van der Waals surface area contributed by atoms with Crippen LogP contribution in [0.1, 0.15) is 12.8 Å². The highest BCUT2D eigenvalue weighted by Crippen LogP contribution is 2.37. The number of halogens is 5. The van der Waals surface area contributed by atoms with Crippen LogP contribution < -0.4 is 9.47 Å². The van der Waals surface area contributed by atoms with Crippen molar-refractivity contribution in [2.45, 2.75) is 12.8 Å². The van der Waals surface area contributed by atoms with Crippen LogP contribution in [0.15, 0.2) is 34.3 Å². The van der Waals surface area contributed by atoms with Gasteiger partial charge >= 0.3 is 0 Å². The van der Waals surface area contributed by atoms with Gasteiger partial charge < -0.3 is 14.2 Å². The van der Waals surface area contributed by atoms with Gasteiger partial charge in [-0.3, -0.25) is 0 Å². The van der Waals surface area contributed by atoms with E-state index < -0.39 is 0 Å². The van der Waals surface area contributed by atoms with E-state index in [2.05, 4.69) is 0 Å². The molecule has 134 valence electrons. The van der Waals surface area contributed by atoms with Crippen molar-refractivity contribution in [3.8, 4) is 11.5 Å². The van der Waals surface area contributed by atoms with Crippen LogP contribution >= 0.6 is 58.0 Å². The molecule has 0 aromatic heterocycles. The highest BCUT2D eigenvalue weighted by atomic mass is 35.5. The minimum atomic E-state index is 0.134. The van der Waals surface area contributed by atoms with Crippen molar-refractivity contribution in [2.75, 3.05) is 26.4 Å². The van der Waals surface area contributed by atoms with E-state index in [1.54, 1.807) is 18.2 Å². The summed E-state index contributed by atoms with van der Waals surface area (Å²) in [6, 6.07) is 3.25. The molecule has 1 rings (SSSR count). The lowest BCUT2D eigenvalue weighted by atomic mass is 10.3. The molecule has 0 saturated heterocycles. The summed E-state index contributed by atoms with van der Waals surface area (Å²) in [5, 5.41) is 0.754. The predicted molar refractivity (Wildman–Crippen MR) is 102 cm³/mol. The molecule has 3 nitrogen and oxygen atoms in total. The molecule has 0 aliphatic carbocycles. The average molecular weight is 435 g/mol. The molecule has 1 aromatic rings. The van der Waals surface area contributed by atoms with Gasteiger partial charge in [-0.1, -0.05) is 58.0 Å². The Labute approximate surface area is 167 Å². The van der Waals surface area contributed by atoms with Gasteiger partial charge in [0.1, 0.15) is 16.8 Å². The normalized spacial score (nSPS) is 10.9. The highest BCUT2D eigenvalue weighted by Gasteiger charge is 2.10. The quantitative estimate of drug-likeness (QED) is 0.366. The summed E-state index contributed by atoms with van der Waals surface area (Å²) in [5.41, 5.74) is 1.43. The molecule has 0 amide bonds. The molecule has 8 heteroatoms. The molecule has 0 atom stereocenters. The van der Waals surface area contributed by atoms with Gasteiger partial charge in [0.15, 0.2) is 5.75 Å². The molecule has 24 heavy (non-hydrogen) atoms. The number of hydrogen-bond acceptors (Lipinski definition) is 3. The molecular formula is C16H17Cl5O3. The van der Waals surface area contributed by atoms with E-state index in [9.17, 15) is 0 Å². The predicted octanol–water partition coefficient (Wildman–Crippen LogP) is 6.62. The molecule has 0 aliphatic heterocycles. The van der Waals surface area contributed by atoms with E-state index in [0.717, 1.165) is 12.8 Å². The molecule has 0 fully saturated rings. The minimum Gasteiger partial charge on any atom is -0.490 e. The van der Waals surface area contributed by atoms with Crippen molar-refractivity contribution in [3.63, 3.8) is 0 Å². The molecule has 0 radical (unpaired) electrons. The highest BCUT2D eigenvalue weighted by molar-refractivity contribution is 6.55. The summed E-state index contributed by atoms with van der Waals surface area (Å²) in [6.07, 6.45) is 4.92. The Morgan fingerprint density at radius 2 is 1.62 bits per heavy atom. The molecule has 0 heterocycles. The number of hydrogen-bond donors (Lipinski definition) is 0. The smallest absolute Gasteiger partial charge is 0.156 e. The van der Waals surface area contributed by atoms with Crippen LogP contribution in [0.3, 0.4) is 0 Å². The zero-order valence-corrected chi connectivity index (χ0v) is 16.5. The second-order valence-corrected chi connectivity index (χ2v) is 6.59. The zero-order valence-electron chi connectivity index (χ0n) is 12.7. The van der Waals surface area contributed by atoms with Crippen molar-refractivity contribution in [1.29, 1.82) is 0 Å². The van der Waals surface area contributed by atoms with E-state index in [0.29, 0.717) is 41.4 Å². The van der Waals surface area contributed by atoms with Gasteiger partial charge in [-0.25, -0.2) is 0 Å². The lowest BCUT2D eigenvalue weighted by molar-refractivity contribution is 0.152. The molecule has 1 aromatic carbocycles. The zero-order chi connectivity index (χ0) is 17.8. The molecular weight excluding hydrogens is 417 g/mol. The Bertz CT molecular complexity index is 534. The first kappa shape index (κ1) is 21.8. The maximum Gasteiger partial charge on any atom is 0.156 e. The Morgan fingerprint density at radius 3 is 2.25 bits per heavy atom. The Morgan fingerprint density at radius 1 is 0.958 bits per heavy atom. The third-order valence-corrected chi connectivity index (χ3v) is 3.74. The number of rotatable bonds is 11. The van der Waals surface area contributed by atoms with Crippen molar-refractivity contribution < 1.29 is 14.2 Å². The lowest BCUT2D eigenvalue weighted by Crippen LogP contribution is -2.02. The largest absolute Gasteiger partial charge is 0.490 e. The first-order valence-electron chi connectivity index (χ1n) is 7.13. The van der Waals surface area contributed by atoms with E-state index in [1.165, 1.54) is 11.6 Å². The minimum absolute atomic E-state index is 0.134. The monoisotopic (exact) mass is 432 g/mol. The van der Waals surface area contributed by atoms with Gasteiger partial charge in [0.25, 0.3) is 0 Å². The fraction of sp³-hybridized carbons (Fsp3) is 0.375. The van der Waals surface area contributed by atoms with Crippen LogP contribution in [0.2, 0.25) is 10.0 Å². The fourth-order valence-electron chi connectivity index (χ4n) is 1.63. The summed E-state index contributed by atoms with van der Waals surface area (Å²) in [5.74, 6) is 0.937. The average Bonchev–Trinajstić information content (AvgIpc) is 2.51. The SMILES string of the molecule is Cl/C=C/COCCCCOc1c(Cl)cc(OCC=C(Cl)Cl)cc1Cl. The van der Waals surface area contributed by atoms with Crippen molar-refractivity contribution in [2.24, 2.45) is 0 Å². The first-order chi connectivity index (χ1) is 11.5. The van der Waals surface area contributed by atoms with E-state index >= 15 is 0 Å². The third-order valence-electron chi connectivity index (χ3n) is 2.69. The Hall–Kier alpha value is -0.290. The second-order valence-electron chi connectivity index (χ2n) is 4.51. The van der Waals surface area contributed by atoms with Gasteiger partial charge in [-0.15, -0.1) is 0 Å². The van der Waals surface area contributed by atoms with Crippen molar-refractivity contribution in [1.82, 2.24) is 0 Å². The molecule has 0 bridgehead atoms. The Kier molecular flexibility index (Phi) is 11.8. The van der Waals surface area contributed by atoms with Gasteiger partial charge in [0, 0.05) is 24.3 Å². The summed E-state index contributed by atoms with van der Waals surface area (Å²) < 4.78 is 16.5. The van der Waals surface area contributed by atoms with E-state index in [4.69, 9.17) is 72.2 Å². The standard InChI is InChI=1S/C16H17Cl5O3/c17-5-3-7-22-6-1-2-8-24-16-13(18)10-12(11-14(16)19)23-9-4-15(20)21/h3-5,10-11H,1-2,6-9H2/b5-3+. The summed E-state index contributed by atoms with van der Waals surface area (Å²) in [6.45, 7) is 1.84. The summed E-state index contributed by atoms with van der Waals surface area (Å²) >= 11 is 28.7. The molecule has 0 spiro atoms. The van der Waals surface area contributed by atoms with Gasteiger partial charge in [-0.05, 0) is 25.0 Å². The van der Waals surface area contributed by atoms with Crippen LogP contribution in [0, 0.1) is 0 Å². The number of ether oxygens (including phenoxy) is 3. The van der Waals surface area contributed by atoms with Crippen LogP contribution in [-0.2, 0) is 4.74 Å². The maximum absolute atomic E-state index is 6.17. The molecule has 0 saturated carbocycles. The van der Waals surface area contributed by atoms with E-state index in [-0.39, 0.29) is 11.1 Å². The van der Waals surface area contributed by atoms with Gasteiger partial charge in [0.2, 0.25) is 0 Å². The first-order valence-corrected chi connectivity index (χ1v) is 9.08. The maximum atomic E-state index is 6.17. The fourth-order valence-corrected chi connectivity index (χ4v) is 2.40. The molecule has 0 unspecified atom stereocenters. The van der Waals surface area contributed by atoms with Crippen LogP contribution in [0.25, 0.3) is 0 Å². The molecule has 0 aliphatic rings. The Balaban J connectivity index is 2.39. The van der Waals surface area contributed by atoms with Crippen molar-refractivity contribution >= 4 is 58.0 Å². The lowest BCUT2D eigenvalue weighted by Gasteiger charge is -2.12. The number of benzene rings is 1. The van der Waals surface area contributed by atoms with Crippen LogP contribution in [0.5, 0.6) is 11.5 Å². The topological polar surface area (TPSA) is 27.7 Å². The number of unbranched alkanes of at least 4 members (excludes halogenated alkanes) is 1.